The smallest absolute Gasteiger partial charge is 0.185 e. The molecule has 1 fully saturated rings. The largest absolute Gasteiger partial charge is 0.346 e. The summed E-state index contributed by atoms with van der Waals surface area (Å²) < 4.78 is 0. The molecule has 0 N–H and O–H groups in total. The molecule has 0 amide bonds. The molecular weight excluding hydrogens is 286 g/mol. The van der Waals surface area contributed by atoms with Crippen molar-refractivity contribution in [3.05, 3.63) is 41.4 Å². The minimum absolute atomic E-state index is 1.06. The van der Waals surface area contributed by atoms with Crippen molar-refractivity contribution >= 4 is 28.2 Å². The standard InChI is InChI=1S/C15H19N3S2/c1-19-14-4-2-13(3-5-14)12-17-7-9-18(10-8-17)15-16-6-11-20-15/h2-6,11H,7-10,12H2,1H3. The number of thioether (sulfide) groups is 1. The van der Waals surface area contributed by atoms with Gasteiger partial charge in [0.15, 0.2) is 5.13 Å². The number of piperazine rings is 1. The summed E-state index contributed by atoms with van der Waals surface area (Å²) in [6.45, 7) is 5.45. The van der Waals surface area contributed by atoms with Crippen molar-refractivity contribution < 1.29 is 0 Å². The van der Waals surface area contributed by atoms with Crippen LogP contribution in [0.1, 0.15) is 5.56 Å². The van der Waals surface area contributed by atoms with Crippen molar-refractivity contribution in [3.63, 3.8) is 0 Å². The van der Waals surface area contributed by atoms with Gasteiger partial charge in [-0.3, -0.25) is 4.90 Å². The molecule has 3 nitrogen and oxygen atoms in total. The number of thiazole rings is 1. The maximum atomic E-state index is 4.39. The van der Waals surface area contributed by atoms with Crippen LogP contribution < -0.4 is 4.90 Å². The third-order valence-electron chi connectivity index (χ3n) is 3.63. The molecule has 2 aromatic rings. The van der Waals surface area contributed by atoms with Crippen LogP contribution in [-0.4, -0.2) is 42.3 Å². The van der Waals surface area contributed by atoms with Gasteiger partial charge in [-0.05, 0) is 24.0 Å². The van der Waals surface area contributed by atoms with E-state index < -0.39 is 0 Å². The lowest BCUT2D eigenvalue weighted by Gasteiger charge is -2.34. The molecule has 1 aromatic heterocycles. The van der Waals surface area contributed by atoms with Gasteiger partial charge in [0.2, 0.25) is 0 Å². The third kappa shape index (κ3) is 3.34. The molecule has 0 saturated carbocycles. The van der Waals surface area contributed by atoms with E-state index in [0.29, 0.717) is 0 Å². The normalized spacial score (nSPS) is 16.6. The maximum Gasteiger partial charge on any atom is 0.185 e. The van der Waals surface area contributed by atoms with Crippen molar-refractivity contribution in [1.29, 1.82) is 0 Å². The van der Waals surface area contributed by atoms with Crippen LogP contribution in [0.25, 0.3) is 0 Å². The van der Waals surface area contributed by atoms with Crippen LogP contribution in [0.5, 0.6) is 0 Å². The number of aromatic nitrogens is 1. The minimum Gasteiger partial charge on any atom is -0.346 e. The molecule has 1 aromatic carbocycles. The average molecular weight is 305 g/mol. The van der Waals surface area contributed by atoms with Gasteiger partial charge in [0, 0.05) is 49.2 Å². The highest BCUT2D eigenvalue weighted by Crippen LogP contribution is 2.20. The third-order valence-corrected chi connectivity index (χ3v) is 5.20. The van der Waals surface area contributed by atoms with E-state index in [9.17, 15) is 0 Å². The molecule has 1 aliphatic rings. The van der Waals surface area contributed by atoms with Crippen LogP contribution in [0, 0.1) is 0 Å². The molecule has 0 atom stereocenters. The number of anilines is 1. The van der Waals surface area contributed by atoms with E-state index in [-0.39, 0.29) is 0 Å². The number of hydrogen-bond donors (Lipinski definition) is 0. The van der Waals surface area contributed by atoms with E-state index in [1.807, 2.05) is 6.20 Å². The van der Waals surface area contributed by atoms with Crippen LogP contribution in [0.4, 0.5) is 5.13 Å². The van der Waals surface area contributed by atoms with Gasteiger partial charge in [-0.1, -0.05) is 12.1 Å². The van der Waals surface area contributed by atoms with Gasteiger partial charge in [0.25, 0.3) is 0 Å². The Hall–Kier alpha value is -1.04. The van der Waals surface area contributed by atoms with Gasteiger partial charge in [0.1, 0.15) is 0 Å². The van der Waals surface area contributed by atoms with Gasteiger partial charge < -0.3 is 4.90 Å². The lowest BCUT2D eigenvalue weighted by Crippen LogP contribution is -2.45. The zero-order valence-electron chi connectivity index (χ0n) is 11.7. The average Bonchev–Trinajstić information content (AvgIpc) is 3.03. The molecule has 20 heavy (non-hydrogen) atoms. The molecule has 3 rings (SSSR count). The van der Waals surface area contributed by atoms with Crippen molar-refractivity contribution in [2.75, 3.05) is 37.3 Å². The Morgan fingerprint density at radius 1 is 1.15 bits per heavy atom. The van der Waals surface area contributed by atoms with E-state index >= 15 is 0 Å². The molecule has 0 spiro atoms. The fourth-order valence-electron chi connectivity index (χ4n) is 2.46. The monoisotopic (exact) mass is 305 g/mol. The summed E-state index contributed by atoms with van der Waals surface area (Å²) in [6, 6.07) is 8.93. The van der Waals surface area contributed by atoms with E-state index in [1.54, 1.807) is 23.1 Å². The Labute approximate surface area is 128 Å². The predicted octanol–water partition coefficient (Wildman–Crippen LogP) is 3.19. The quantitative estimate of drug-likeness (QED) is 0.808. The molecule has 106 valence electrons. The second-order valence-electron chi connectivity index (χ2n) is 4.93. The first-order valence-electron chi connectivity index (χ1n) is 6.85. The minimum atomic E-state index is 1.06. The van der Waals surface area contributed by atoms with Gasteiger partial charge in [-0.15, -0.1) is 23.1 Å². The highest BCUT2D eigenvalue weighted by molar-refractivity contribution is 7.98. The molecule has 1 aliphatic heterocycles. The van der Waals surface area contributed by atoms with Crippen LogP contribution in [0.3, 0.4) is 0 Å². The SMILES string of the molecule is CSc1ccc(CN2CCN(c3nccs3)CC2)cc1. The molecule has 2 heterocycles. The van der Waals surface area contributed by atoms with Crippen LogP contribution in [-0.2, 0) is 6.54 Å². The Bertz CT molecular complexity index is 517. The fraction of sp³-hybridized carbons (Fsp3) is 0.400. The van der Waals surface area contributed by atoms with Gasteiger partial charge in [-0.25, -0.2) is 4.98 Å². The summed E-state index contributed by atoms with van der Waals surface area (Å²) in [7, 11) is 0. The highest BCUT2D eigenvalue weighted by Gasteiger charge is 2.18. The van der Waals surface area contributed by atoms with Gasteiger partial charge in [-0.2, -0.15) is 0 Å². The summed E-state index contributed by atoms with van der Waals surface area (Å²) in [6.07, 6.45) is 4.01. The zero-order valence-corrected chi connectivity index (χ0v) is 13.3. The van der Waals surface area contributed by atoms with E-state index in [4.69, 9.17) is 0 Å². The zero-order chi connectivity index (χ0) is 13.8. The van der Waals surface area contributed by atoms with Crippen LogP contribution in [0.2, 0.25) is 0 Å². The van der Waals surface area contributed by atoms with E-state index in [2.05, 4.69) is 50.7 Å². The molecular formula is C15H19N3S2. The second kappa shape index (κ2) is 6.61. The number of hydrogen-bond acceptors (Lipinski definition) is 5. The highest BCUT2D eigenvalue weighted by atomic mass is 32.2. The van der Waals surface area contributed by atoms with Crippen LogP contribution >= 0.6 is 23.1 Å². The summed E-state index contributed by atoms with van der Waals surface area (Å²) in [4.78, 5) is 10.6. The van der Waals surface area contributed by atoms with Crippen LogP contribution in [0.15, 0.2) is 40.7 Å². The van der Waals surface area contributed by atoms with Crippen molar-refractivity contribution in [1.82, 2.24) is 9.88 Å². The Kier molecular flexibility index (Phi) is 4.60. The summed E-state index contributed by atoms with van der Waals surface area (Å²) in [5.74, 6) is 0. The molecule has 0 radical (unpaired) electrons. The van der Waals surface area contributed by atoms with Gasteiger partial charge >= 0.3 is 0 Å². The maximum absolute atomic E-state index is 4.39. The molecule has 1 saturated heterocycles. The summed E-state index contributed by atoms with van der Waals surface area (Å²) >= 11 is 3.53. The van der Waals surface area contributed by atoms with E-state index in [0.717, 1.165) is 37.9 Å². The number of benzene rings is 1. The molecule has 5 heteroatoms. The number of nitrogens with zero attached hydrogens (tertiary/aromatic N) is 3. The first kappa shape index (κ1) is 13.9. The van der Waals surface area contributed by atoms with Crippen molar-refractivity contribution in [3.8, 4) is 0 Å². The summed E-state index contributed by atoms with van der Waals surface area (Å²) in [5, 5.41) is 3.21. The van der Waals surface area contributed by atoms with Crippen molar-refractivity contribution in [2.24, 2.45) is 0 Å². The lowest BCUT2D eigenvalue weighted by atomic mass is 10.2. The topological polar surface area (TPSA) is 19.4 Å². The van der Waals surface area contributed by atoms with Crippen molar-refractivity contribution in [2.45, 2.75) is 11.4 Å². The van der Waals surface area contributed by atoms with E-state index in [1.165, 1.54) is 10.5 Å². The Balaban J connectivity index is 1.53. The Morgan fingerprint density at radius 3 is 2.50 bits per heavy atom. The summed E-state index contributed by atoms with van der Waals surface area (Å²) in [5.41, 5.74) is 1.41. The second-order valence-corrected chi connectivity index (χ2v) is 6.68. The first-order chi connectivity index (χ1) is 9.85. The predicted molar refractivity (Wildman–Crippen MR) is 87.8 cm³/mol. The first-order valence-corrected chi connectivity index (χ1v) is 8.95. The number of rotatable bonds is 4. The Morgan fingerprint density at radius 2 is 1.90 bits per heavy atom. The molecule has 0 unspecified atom stereocenters. The molecule has 0 bridgehead atoms. The lowest BCUT2D eigenvalue weighted by molar-refractivity contribution is 0.250. The van der Waals surface area contributed by atoms with Gasteiger partial charge in [0.05, 0.1) is 0 Å². The fourth-order valence-corrected chi connectivity index (χ4v) is 3.56. The molecule has 0 aliphatic carbocycles.